The highest BCUT2D eigenvalue weighted by Gasteiger charge is 2.41. The number of hydrogen-bond acceptors (Lipinski definition) is 3. The van der Waals surface area contributed by atoms with Crippen LogP contribution in [-0.4, -0.2) is 21.3 Å². The van der Waals surface area contributed by atoms with Crippen molar-refractivity contribution >= 4 is 41.1 Å². The van der Waals surface area contributed by atoms with Crippen molar-refractivity contribution in [2.75, 3.05) is 0 Å². The van der Waals surface area contributed by atoms with Gasteiger partial charge in [0.15, 0.2) is 0 Å². The molecule has 0 spiro atoms. The van der Waals surface area contributed by atoms with Gasteiger partial charge in [0.2, 0.25) is 0 Å². The fourth-order valence-corrected chi connectivity index (χ4v) is 1.54. The van der Waals surface area contributed by atoms with Crippen LogP contribution in [0.5, 0.6) is 0 Å². The summed E-state index contributed by atoms with van der Waals surface area (Å²) in [5.41, 5.74) is 2.84. The first kappa shape index (κ1) is 11.2. The second kappa shape index (κ2) is 3.37. The molecule has 76 valence electrons. The molecule has 0 saturated heterocycles. The highest BCUT2D eigenvalue weighted by Crippen LogP contribution is 2.37. The van der Waals surface area contributed by atoms with Gasteiger partial charge in [0.1, 0.15) is 12.5 Å². The molecule has 0 aromatic rings. The first-order valence-corrected chi connectivity index (χ1v) is 5.00. The predicted octanol–water partition coefficient (Wildman–Crippen LogP) is 2.53. The Bertz CT molecular complexity index is 216. The van der Waals surface area contributed by atoms with Crippen LogP contribution in [0.2, 0.25) is 0 Å². The van der Waals surface area contributed by atoms with Crippen molar-refractivity contribution in [1.29, 1.82) is 0 Å². The van der Waals surface area contributed by atoms with E-state index in [4.69, 9.17) is 34.8 Å². The minimum atomic E-state index is -1.45. The zero-order chi connectivity index (χ0) is 10.3. The van der Waals surface area contributed by atoms with E-state index in [-0.39, 0.29) is 11.6 Å². The molecular formula is C7H12Cl3N3. The van der Waals surface area contributed by atoms with E-state index in [0.717, 1.165) is 0 Å². The van der Waals surface area contributed by atoms with Gasteiger partial charge in [-0.05, 0) is 0 Å². The topological polar surface area (TPSA) is 27.6 Å². The molecule has 13 heavy (non-hydrogen) atoms. The number of rotatable bonds is 0. The zero-order valence-electron chi connectivity index (χ0n) is 7.68. The lowest BCUT2D eigenvalue weighted by atomic mass is 9.92. The molecule has 1 heterocycles. The Balaban J connectivity index is 2.81. The maximum atomic E-state index is 5.77. The van der Waals surface area contributed by atoms with Crippen molar-refractivity contribution < 1.29 is 0 Å². The summed E-state index contributed by atoms with van der Waals surface area (Å²) in [7, 11) is 0. The molecule has 1 atom stereocenters. The van der Waals surface area contributed by atoms with Crippen LogP contribution in [0.15, 0.2) is 5.10 Å². The molecule has 1 aliphatic rings. The van der Waals surface area contributed by atoms with Gasteiger partial charge >= 0.3 is 0 Å². The van der Waals surface area contributed by atoms with Crippen LogP contribution in [0.4, 0.5) is 0 Å². The lowest BCUT2D eigenvalue weighted by Gasteiger charge is -2.37. The average molecular weight is 245 g/mol. The minimum Gasteiger partial charge on any atom is -0.294 e. The first-order valence-electron chi connectivity index (χ1n) is 3.87. The van der Waals surface area contributed by atoms with Gasteiger partial charge in [-0.1, -0.05) is 55.6 Å². The molecule has 0 amide bonds. The second-order valence-corrected chi connectivity index (χ2v) is 6.24. The van der Waals surface area contributed by atoms with Gasteiger partial charge in [-0.3, -0.25) is 10.3 Å². The summed E-state index contributed by atoms with van der Waals surface area (Å²) in [5, 5.41) is 3.88. The smallest absolute Gasteiger partial charge is 0.270 e. The Morgan fingerprint density at radius 3 is 2.15 bits per heavy atom. The molecule has 0 aliphatic carbocycles. The maximum absolute atomic E-state index is 5.77. The van der Waals surface area contributed by atoms with Crippen LogP contribution >= 0.6 is 34.8 Å². The van der Waals surface area contributed by atoms with E-state index in [1.54, 1.807) is 4.90 Å². The lowest BCUT2D eigenvalue weighted by Crippen LogP contribution is -2.51. The zero-order valence-corrected chi connectivity index (χ0v) is 9.95. The number of nitrogens with one attached hydrogen (secondary N) is 1. The standard InChI is InChI=1S/C7H12Cl3N3/c1-6(2,3)5-12-11-4-13(5)7(8,9)10/h4-5,12H,1-3H3. The Kier molecular flexibility index (Phi) is 2.91. The molecule has 0 bridgehead atoms. The Morgan fingerprint density at radius 1 is 1.31 bits per heavy atom. The Hall–Kier alpha value is 0.140. The van der Waals surface area contributed by atoms with Crippen molar-refractivity contribution in [2.24, 2.45) is 10.5 Å². The van der Waals surface area contributed by atoms with Crippen LogP contribution in [-0.2, 0) is 0 Å². The largest absolute Gasteiger partial charge is 0.294 e. The highest BCUT2D eigenvalue weighted by atomic mass is 35.6. The SMILES string of the molecule is CC(C)(C)C1NN=CN1C(Cl)(Cl)Cl. The summed E-state index contributed by atoms with van der Waals surface area (Å²) >= 11 is 17.3. The third-order valence-electron chi connectivity index (χ3n) is 1.77. The van der Waals surface area contributed by atoms with Gasteiger partial charge in [0.25, 0.3) is 3.92 Å². The van der Waals surface area contributed by atoms with Crippen molar-refractivity contribution in [3.05, 3.63) is 0 Å². The van der Waals surface area contributed by atoms with Gasteiger partial charge in [-0.15, -0.1) is 0 Å². The number of alkyl halides is 3. The van der Waals surface area contributed by atoms with Crippen LogP contribution in [0.25, 0.3) is 0 Å². The van der Waals surface area contributed by atoms with Gasteiger partial charge < -0.3 is 0 Å². The quantitative estimate of drug-likeness (QED) is 0.524. The first-order chi connectivity index (χ1) is 5.73. The fourth-order valence-electron chi connectivity index (χ4n) is 1.12. The molecule has 0 aromatic carbocycles. The summed E-state index contributed by atoms with van der Waals surface area (Å²) in [5.74, 6) is 0. The highest BCUT2D eigenvalue weighted by molar-refractivity contribution is 6.67. The lowest BCUT2D eigenvalue weighted by molar-refractivity contribution is 0.156. The van der Waals surface area contributed by atoms with E-state index in [1.807, 2.05) is 20.8 Å². The van der Waals surface area contributed by atoms with E-state index in [2.05, 4.69) is 10.5 Å². The number of hydrogen-bond donors (Lipinski definition) is 1. The molecule has 0 saturated carbocycles. The molecule has 0 aromatic heterocycles. The summed E-state index contributed by atoms with van der Waals surface area (Å²) in [6.07, 6.45) is 1.41. The summed E-state index contributed by atoms with van der Waals surface area (Å²) < 4.78 is -1.45. The molecule has 1 unspecified atom stereocenters. The van der Waals surface area contributed by atoms with E-state index >= 15 is 0 Å². The molecule has 0 fully saturated rings. The van der Waals surface area contributed by atoms with E-state index < -0.39 is 3.92 Å². The molecule has 1 N–H and O–H groups in total. The van der Waals surface area contributed by atoms with Gasteiger partial charge in [0.05, 0.1) is 0 Å². The van der Waals surface area contributed by atoms with Crippen molar-refractivity contribution in [3.8, 4) is 0 Å². The number of nitrogens with zero attached hydrogens (tertiary/aromatic N) is 2. The van der Waals surface area contributed by atoms with Crippen LogP contribution in [0, 0.1) is 5.41 Å². The van der Waals surface area contributed by atoms with Crippen molar-refractivity contribution in [3.63, 3.8) is 0 Å². The molecule has 1 aliphatic heterocycles. The second-order valence-electron chi connectivity index (χ2n) is 4.02. The van der Waals surface area contributed by atoms with Crippen LogP contribution in [0.3, 0.4) is 0 Å². The Labute approximate surface area is 93.0 Å². The monoisotopic (exact) mass is 243 g/mol. The maximum Gasteiger partial charge on any atom is 0.270 e. The summed E-state index contributed by atoms with van der Waals surface area (Å²) in [6, 6.07) is 0. The molecule has 1 rings (SSSR count). The average Bonchev–Trinajstić information content (AvgIpc) is 2.27. The van der Waals surface area contributed by atoms with Crippen molar-refractivity contribution in [2.45, 2.75) is 30.9 Å². The minimum absolute atomic E-state index is 0.0551. The molecular weight excluding hydrogens is 232 g/mol. The van der Waals surface area contributed by atoms with Gasteiger partial charge in [-0.2, -0.15) is 5.10 Å². The molecule has 6 heteroatoms. The van der Waals surface area contributed by atoms with E-state index in [0.29, 0.717) is 0 Å². The summed E-state index contributed by atoms with van der Waals surface area (Å²) in [4.78, 5) is 1.57. The molecule has 0 radical (unpaired) electrons. The van der Waals surface area contributed by atoms with Gasteiger partial charge in [0, 0.05) is 5.41 Å². The van der Waals surface area contributed by atoms with Gasteiger partial charge in [-0.25, -0.2) is 0 Å². The van der Waals surface area contributed by atoms with E-state index in [9.17, 15) is 0 Å². The van der Waals surface area contributed by atoms with Crippen LogP contribution < -0.4 is 5.43 Å². The normalized spacial score (nSPS) is 23.5. The third-order valence-corrected chi connectivity index (χ3v) is 2.36. The predicted molar refractivity (Wildman–Crippen MR) is 57.0 cm³/mol. The molecule has 3 nitrogen and oxygen atoms in total. The third kappa shape index (κ3) is 2.55. The van der Waals surface area contributed by atoms with Crippen molar-refractivity contribution in [1.82, 2.24) is 10.3 Å². The Morgan fingerprint density at radius 2 is 1.85 bits per heavy atom. The number of hydrazone groups is 1. The summed E-state index contributed by atoms with van der Waals surface area (Å²) in [6.45, 7) is 6.13. The number of halogens is 3. The fraction of sp³-hybridized carbons (Fsp3) is 0.857. The van der Waals surface area contributed by atoms with Crippen LogP contribution in [0.1, 0.15) is 20.8 Å². The van der Waals surface area contributed by atoms with E-state index in [1.165, 1.54) is 6.34 Å².